The van der Waals surface area contributed by atoms with E-state index < -0.39 is 39.2 Å². The van der Waals surface area contributed by atoms with Crippen molar-refractivity contribution < 1.29 is 22.9 Å². The third-order valence-electron chi connectivity index (χ3n) is 2.98. The summed E-state index contributed by atoms with van der Waals surface area (Å²) in [5, 5.41) is 12.2. The molecule has 0 bridgehead atoms. The van der Waals surface area contributed by atoms with Gasteiger partial charge in [-0.2, -0.15) is 13.2 Å². The molecule has 1 aliphatic heterocycles. The van der Waals surface area contributed by atoms with Crippen molar-refractivity contribution in [2.45, 2.75) is 18.3 Å². The molecule has 0 aliphatic carbocycles. The van der Waals surface area contributed by atoms with Crippen LogP contribution in [0.15, 0.2) is 23.2 Å². The molecule has 0 saturated heterocycles. The second-order valence-corrected chi connectivity index (χ2v) is 7.40. The maximum Gasteiger partial charge on any atom is 0.418 e. The summed E-state index contributed by atoms with van der Waals surface area (Å²) in [6.45, 7) is 2.21. The highest BCUT2D eigenvalue weighted by Crippen LogP contribution is 2.37. The third-order valence-corrected chi connectivity index (χ3v) is 5.29. The smallest absolute Gasteiger partial charge is 0.325 e. The standard InChI is InChI=1S/C13H12F3N3O3S2/c1-7(24-12-17-4-5-23-12)11(20)18-10-3-2-8(19(21)22)6-9(10)13(14,15)16/h2-3,6-7H,4-5H2,1H3,(H,18,20)/t7-/m0/s1. The van der Waals surface area contributed by atoms with Crippen LogP contribution in [0.2, 0.25) is 0 Å². The summed E-state index contributed by atoms with van der Waals surface area (Å²) in [6.07, 6.45) is -4.82. The number of halogens is 3. The quantitative estimate of drug-likeness (QED) is 0.636. The monoisotopic (exact) mass is 379 g/mol. The maximum atomic E-state index is 13.1. The predicted octanol–water partition coefficient (Wildman–Crippen LogP) is 3.78. The molecule has 1 aliphatic rings. The van der Waals surface area contributed by atoms with Crippen LogP contribution in [0.1, 0.15) is 12.5 Å². The zero-order chi connectivity index (χ0) is 17.9. The van der Waals surface area contributed by atoms with E-state index in [4.69, 9.17) is 0 Å². The molecule has 24 heavy (non-hydrogen) atoms. The van der Waals surface area contributed by atoms with Crippen LogP contribution in [-0.2, 0) is 11.0 Å². The van der Waals surface area contributed by atoms with E-state index in [1.54, 1.807) is 6.92 Å². The minimum atomic E-state index is -4.82. The van der Waals surface area contributed by atoms with Gasteiger partial charge < -0.3 is 5.32 Å². The molecule has 0 fully saturated rings. The minimum absolute atomic E-state index is 0.407. The Kier molecular flexibility index (Phi) is 5.75. The van der Waals surface area contributed by atoms with Gasteiger partial charge in [0, 0.05) is 17.9 Å². The molecule has 1 aromatic rings. The van der Waals surface area contributed by atoms with Crippen molar-refractivity contribution >= 4 is 45.2 Å². The number of amides is 1. The first kappa shape index (κ1) is 18.6. The number of anilines is 1. The van der Waals surface area contributed by atoms with Gasteiger partial charge in [0.15, 0.2) is 0 Å². The molecule has 6 nitrogen and oxygen atoms in total. The fourth-order valence-electron chi connectivity index (χ4n) is 1.82. The highest BCUT2D eigenvalue weighted by atomic mass is 32.2. The molecule has 11 heteroatoms. The first-order chi connectivity index (χ1) is 11.2. The molecular formula is C13H12F3N3O3S2. The number of hydrogen-bond donors (Lipinski definition) is 1. The summed E-state index contributed by atoms with van der Waals surface area (Å²) in [4.78, 5) is 26.0. The Morgan fingerprint density at radius 2 is 2.21 bits per heavy atom. The van der Waals surface area contributed by atoms with Gasteiger partial charge in [-0.1, -0.05) is 23.5 Å². The lowest BCUT2D eigenvalue weighted by atomic mass is 10.1. The summed E-state index contributed by atoms with van der Waals surface area (Å²) in [5.74, 6) is 0.187. The Bertz CT molecular complexity index is 695. The summed E-state index contributed by atoms with van der Waals surface area (Å²) in [7, 11) is 0. The van der Waals surface area contributed by atoms with Crippen molar-refractivity contribution in [1.82, 2.24) is 0 Å². The zero-order valence-corrected chi connectivity index (χ0v) is 13.9. The highest BCUT2D eigenvalue weighted by Gasteiger charge is 2.36. The minimum Gasteiger partial charge on any atom is -0.325 e. The van der Waals surface area contributed by atoms with Crippen LogP contribution < -0.4 is 5.32 Å². The predicted molar refractivity (Wildman–Crippen MR) is 88.5 cm³/mol. The van der Waals surface area contributed by atoms with Gasteiger partial charge in [0.05, 0.1) is 28.0 Å². The molecule has 0 spiro atoms. The Hall–Kier alpha value is -1.75. The molecule has 0 unspecified atom stereocenters. The second-order valence-electron chi connectivity index (χ2n) is 4.73. The lowest BCUT2D eigenvalue weighted by Crippen LogP contribution is -2.25. The van der Waals surface area contributed by atoms with Crippen LogP contribution in [0.4, 0.5) is 24.5 Å². The van der Waals surface area contributed by atoms with Crippen molar-refractivity contribution in [3.63, 3.8) is 0 Å². The van der Waals surface area contributed by atoms with Crippen molar-refractivity contribution in [1.29, 1.82) is 0 Å². The van der Waals surface area contributed by atoms with E-state index in [0.717, 1.165) is 22.3 Å². The van der Waals surface area contributed by atoms with Crippen LogP contribution >= 0.6 is 23.5 Å². The lowest BCUT2D eigenvalue weighted by Gasteiger charge is -2.16. The van der Waals surface area contributed by atoms with Crippen molar-refractivity contribution in [3.8, 4) is 0 Å². The number of nitrogens with one attached hydrogen (secondary N) is 1. The van der Waals surface area contributed by atoms with Gasteiger partial charge in [-0.05, 0) is 13.0 Å². The van der Waals surface area contributed by atoms with E-state index in [1.807, 2.05) is 0 Å². The number of aliphatic imine (C=N–C) groups is 1. The number of nitro benzene ring substituents is 1. The molecule has 1 heterocycles. The van der Waals surface area contributed by atoms with Gasteiger partial charge in [-0.25, -0.2) is 0 Å². The number of rotatable bonds is 4. The molecule has 1 atom stereocenters. The van der Waals surface area contributed by atoms with E-state index in [-0.39, 0.29) is 0 Å². The fraction of sp³-hybridized carbons (Fsp3) is 0.385. The molecule has 2 rings (SSSR count). The van der Waals surface area contributed by atoms with E-state index in [1.165, 1.54) is 23.5 Å². The zero-order valence-electron chi connectivity index (χ0n) is 12.3. The van der Waals surface area contributed by atoms with Crippen LogP contribution in [0.5, 0.6) is 0 Å². The highest BCUT2D eigenvalue weighted by molar-refractivity contribution is 8.39. The van der Waals surface area contributed by atoms with Gasteiger partial charge in [0.2, 0.25) is 5.91 Å². The van der Waals surface area contributed by atoms with Crippen molar-refractivity contribution in [2.75, 3.05) is 17.6 Å². The number of hydrogen-bond acceptors (Lipinski definition) is 6. The molecular weight excluding hydrogens is 367 g/mol. The van der Waals surface area contributed by atoms with E-state index in [9.17, 15) is 28.1 Å². The van der Waals surface area contributed by atoms with Gasteiger partial charge in [-0.15, -0.1) is 0 Å². The van der Waals surface area contributed by atoms with Crippen molar-refractivity contribution in [2.24, 2.45) is 4.99 Å². The van der Waals surface area contributed by atoms with Gasteiger partial charge in [0.1, 0.15) is 4.38 Å². The van der Waals surface area contributed by atoms with E-state index in [2.05, 4.69) is 10.3 Å². The summed E-state index contributed by atoms with van der Waals surface area (Å²) in [5.41, 5.74) is -2.46. The van der Waals surface area contributed by atoms with Crippen molar-refractivity contribution in [3.05, 3.63) is 33.9 Å². The normalized spacial score (nSPS) is 15.8. The molecule has 0 saturated carbocycles. The summed E-state index contributed by atoms with van der Waals surface area (Å²) < 4.78 is 39.9. The number of non-ortho nitro benzene ring substituents is 1. The van der Waals surface area contributed by atoms with Crippen LogP contribution in [0.3, 0.4) is 0 Å². The second kappa shape index (κ2) is 7.43. The molecule has 0 radical (unpaired) electrons. The lowest BCUT2D eigenvalue weighted by molar-refractivity contribution is -0.385. The topological polar surface area (TPSA) is 84.6 Å². The Morgan fingerprint density at radius 1 is 1.50 bits per heavy atom. The van der Waals surface area contributed by atoms with Gasteiger partial charge in [0.25, 0.3) is 5.69 Å². The van der Waals surface area contributed by atoms with Crippen LogP contribution in [0, 0.1) is 10.1 Å². The molecule has 1 N–H and O–H groups in total. The number of alkyl halides is 3. The van der Waals surface area contributed by atoms with E-state index in [0.29, 0.717) is 12.6 Å². The first-order valence-electron chi connectivity index (χ1n) is 6.69. The molecule has 0 aromatic heterocycles. The average molecular weight is 379 g/mol. The third kappa shape index (κ3) is 4.63. The summed E-state index contributed by atoms with van der Waals surface area (Å²) in [6, 6.07) is 2.21. The SMILES string of the molecule is C[C@H](SC1=NCCS1)C(=O)Nc1ccc([N+](=O)[O-])cc1C(F)(F)F. The number of thioether (sulfide) groups is 2. The van der Waals surface area contributed by atoms with Crippen LogP contribution in [0.25, 0.3) is 0 Å². The summed E-state index contributed by atoms with van der Waals surface area (Å²) >= 11 is 2.65. The largest absolute Gasteiger partial charge is 0.418 e. The first-order valence-corrected chi connectivity index (χ1v) is 8.55. The van der Waals surface area contributed by atoms with Gasteiger partial charge in [-0.3, -0.25) is 19.9 Å². The number of carbonyl (C=O) groups excluding carboxylic acids is 1. The average Bonchev–Trinajstić information content (AvgIpc) is 2.99. The number of carbonyl (C=O) groups is 1. The Balaban J connectivity index is 2.18. The maximum absolute atomic E-state index is 13.1. The number of benzene rings is 1. The molecule has 1 aromatic carbocycles. The Labute approximate surface area is 143 Å². The molecule has 130 valence electrons. The molecule has 1 amide bonds. The Morgan fingerprint density at radius 3 is 2.75 bits per heavy atom. The van der Waals surface area contributed by atoms with Crippen LogP contribution in [-0.4, -0.2) is 32.8 Å². The fourth-order valence-corrected chi connectivity index (χ4v) is 3.94. The number of nitrogens with zero attached hydrogens (tertiary/aromatic N) is 2. The van der Waals surface area contributed by atoms with E-state index >= 15 is 0 Å². The van der Waals surface area contributed by atoms with Gasteiger partial charge >= 0.3 is 6.18 Å². The number of nitro groups is 1.